The second-order valence-corrected chi connectivity index (χ2v) is 12.5. The Kier molecular flexibility index (Phi) is 23.9. The zero-order valence-corrected chi connectivity index (χ0v) is 28.5. The molecule has 0 fully saturated rings. The zero-order chi connectivity index (χ0) is 32.6. The summed E-state index contributed by atoms with van der Waals surface area (Å²) < 4.78 is 0. The second-order valence-electron chi connectivity index (χ2n) is 12.5. The van der Waals surface area contributed by atoms with Crippen LogP contribution in [0.5, 0.6) is 0 Å². The highest BCUT2D eigenvalue weighted by Gasteiger charge is 2.43. The number of unbranched alkanes of at least 4 members (excludes halogenated alkanes) is 15. The molecule has 0 aliphatic heterocycles. The third-order valence-corrected chi connectivity index (χ3v) is 8.57. The third-order valence-electron chi connectivity index (χ3n) is 8.57. The lowest BCUT2D eigenvalue weighted by Gasteiger charge is -2.29. The number of nitrogens with zero attached hydrogens (tertiary/aromatic N) is 1. The average molecular weight is 606 g/mol. The van der Waals surface area contributed by atoms with E-state index in [-0.39, 0.29) is 19.3 Å². The van der Waals surface area contributed by atoms with E-state index in [1.54, 1.807) is 0 Å². The number of hydrogen-bond donors (Lipinski definition) is 0. The van der Waals surface area contributed by atoms with Crippen LogP contribution in [0.1, 0.15) is 176 Å². The molecular weight excluding hydrogens is 542 g/mol. The molecule has 43 heavy (non-hydrogen) atoms. The van der Waals surface area contributed by atoms with E-state index in [1.165, 1.54) is 20.8 Å². The Bertz CT molecular complexity index is 741. The van der Waals surface area contributed by atoms with Crippen LogP contribution in [-0.2, 0) is 28.8 Å². The van der Waals surface area contributed by atoms with Crippen molar-refractivity contribution in [1.29, 1.82) is 0 Å². The van der Waals surface area contributed by atoms with Gasteiger partial charge in [0.25, 0.3) is 0 Å². The molecule has 0 bridgehead atoms. The summed E-state index contributed by atoms with van der Waals surface area (Å²) in [7, 11) is 0. The van der Waals surface area contributed by atoms with E-state index in [0.717, 1.165) is 96.3 Å². The predicted octanol–water partition coefficient (Wildman–Crippen LogP) is 8.74. The maximum absolute atomic E-state index is 13.9. The molecule has 3 atom stereocenters. The fourth-order valence-corrected chi connectivity index (χ4v) is 5.68. The minimum absolute atomic E-state index is 0.238. The van der Waals surface area contributed by atoms with Crippen molar-refractivity contribution in [2.24, 2.45) is 17.8 Å². The van der Waals surface area contributed by atoms with Crippen molar-refractivity contribution in [3.05, 3.63) is 0 Å². The van der Waals surface area contributed by atoms with Crippen LogP contribution in [0.15, 0.2) is 0 Å². The van der Waals surface area contributed by atoms with Crippen LogP contribution in [0.4, 0.5) is 0 Å². The minimum Gasteiger partial charge on any atom is -0.299 e. The predicted molar refractivity (Wildman–Crippen MR) is 173 cm³/mol. The van der Waals surface area contributed by atoms with Gasteiger partial charge in [-0.15, -0.1) is 0 Å². The molecule has 0 aliphatic rings. The molecular formula is C36H63NO6. The number of hydrogen-bond acceptors (Lipinski definition) is 6. The van der Waals surface area contributed by atoms with Crippen molar-refractivity contribution in [3.63, 3.8) is 0 Å². The van der Waals surface area contributed by atoms with Crippen LogP contribution in [0.2, 0.25) is 0 Å². The smallest absolute Gasteiger partial charge is 0.246 e. The summed E-state index contributed by atoms with van der Waals surface area (Å²) in [5, 5.41) is 0. The maximum Gasteiger partial charge on any atom is 0.246 e. The first-order chi connectivity index (χ1) is 20.5. The molecule has 0 aromatic carbocycles. The van der Waals surface area contributed by atoms with Crippen molar-refractivity contribution in [2.45, 2.75) is 176 Å². The standard InChI is InChI=1S/C36H63NO6/c1-7-10-13-16-19-22-25-31(28(4)38)34(41)37(35(42)32(29(5)39)26-23-20-17-14-11-8-2)36(43)33(30(6)40)27-24-21-18-15-12-9-3/h31-33H,7-27H2,1-6H3. The molecule has 0 aromatic heterocycles. The van der Waals surface area contributed by atoms with Gasteiger partial charge < -0.3 is 0 Å². The van der Waals surface area contributed by atoms with Gasteiger partial charge in [0.05, 0.1) is 17.8 Å². The van der Waals surface area contributed by atoms with E-state index in [1.807, 2.05) is 0 Å². The molecule has 248 valence electrons. The van der Waals surface area contributed by atoms with Crippen molar-refractivity contribution in [2.75, 3.05) is 0 Å². The van der Waals surface area contributed by atoms with E-state index in [2.05, 4.69) is 20.8 Å². The van der Waals surface area contributed by atoms with Crippen LogP contribution in [0, 0.1) is 17.8 Å². The maximum atomic E-state index is 13.9. The Morgan fingerprint density at radius 1 is 0.372 bits per heavy atom. The van der Waals surface area contributed by atoms with Gasteiger partial charge in [0.1, 0.15) is 17.3 Å². The van der Waals surface area contributed by atoms with Crippen LogP contribution < -0.4 is 0 Å². The Hall–Kier alpha value is -2.18. The monoisotopic (exact) mass is 605 g/mol. The molecule has 0 saturated carbocycles. The van der Waals surface area contributed by atoms with Crippen molar-refractivity contribution < 1.29 is 28.8 Å². The van der Waals surface area contributed by atoms with Crippen LogP contribution >= 0.6 is 0 Å². The van der Waals surface area contributed by atoms with Crippen molar-refractivity contribution >= 4 is 35.1 Å². The largest absolute Gasteiger partial charge is 0.299 e. The molecule has 0 aliphatic carbocycles. The molecule has 7 heteroatoms. The fourth-order valence-electron chi connectivity index (χ4n) is 5.68. The summed E-state index contributed by atoms with van der Waals surface area (Å²) in [6.45, 7) is 10.3. The highest BCUT2D eigenvalue weighted by Crippen LogP contribution is 2.24. The van der Waals surface area contributed by atoms with Gasteiger partial charge in [-0.25, -0.2) is 4.90 Å². The zero-order valence-electron chi connectivity index (χ0n) is 28.5. The van der Waals surface area contributed by atoms with Gasteiger partial charge in [0, 0.05) is 0 Å². The van der Waals surface area contributed by atoms with Crippen LogP contribution in [0.3, 0.4) is 0 Å². The molecule has 3 unspecified atom stereocenters. The van der Waals surface area contributed by atoms with Crippen molar-refractivity contribution in [1.82, 2.24) is 4.90 Å². The van der Waals surface area contributed by atoms with Crippen LogP contribution in [-0.4, -0.2) is 40.0 Å². The highest BCUT2D eigenvalue weighted by molar-refractivity contribution is 6.22. The molecule has 0 radical (unpaired) electrons. The summed E-state index contributed by atoms with van der Waals surface area (Å²) in [5.41, 5.74) is 0. The van der Waals surface area contributed by atoms with E-state index >= 15 is 0 Å². The lowest BCUT2D eigenvalue weighted by atomic mass is 9.90. The molecule has 0 rings (SSSR count). The van der Waals surface area contributed by atoms with E-state index in [0.29, 0.717) is 24.2 Å². The summed E-state index contributed by atoms with van der Waals surface area (Å²) in [6.07, 6.45) is 18.0. The molecule has 0 saturated heterocycles. The number of Topliss-reactive ketones (excluding diaryl/α,β-unsaturated/α-hetero) is 3. The first-order valence-electron chi connectivity index (χ1n) is 17.5. The van der Waals surface area contributed by atoms with Crippen molar-refractivity contribution in [3.8, 4) is 0 Å². The van der Waals surface area contributed by atoms with E-state index < -0.39 is 52.8 Å². The third kappa shape index (κ3) is 17.0. The summed E-state index contributed by atoms with van der Waals surface area (Å²) >= 11 is 0. The minimum atomic E-state index is -1.15. The van der Waals surface area contributed by atoms with Gasteiger partial charge in [-0.05, 0) is 40.0 Å². The number of imide groups is 3. The first-order valence-corrected chi connectivity index (χ1v) is 17.5. The second kappa shape index (κ2) is 25.2. The average Bonchev–Trinajstić information content (AvgIpc) is 2.95. The quantitative estimate of drug-likeness (QED) is 0.0685. The number of amides is 3. The Morgan fingerprint density at radius 3 is 0.791 bits per heavy atom. The highest BCUT2D eigenvalue weighted by atomic mass is 16.2. The summed E-state index contributed by atoms with van der Waals surface area (Å²) in [6, 6.07) is 0. The Balaban J connectivity index is 6.04. The van der Waals surface area contributed by atoms with Gasteiger partial charge in [-0.2, -0.15) is 0 Å². The van der Waals surface area contributed by atoms with Crippen LogP contribution in [0.25, 0.3) is 0 Å². The summed E-state index contributed by atoms with van der Waals surface area (Å²) in [4.78, 5) is 80.4. The number of rotatable bonds is 27. The van der Waals surface area contributed by atoms with Gasteiger partial charge in [-0.1, -0.05) is 136 Å². The molecule has 0 heterocycles. The number of ketones is 3. The Morgan fingerprint density at radius 2 is 0.581 bits per heavy atom. The topological polar surface area (TPSA) is 106 Å². The van der Waals surface area contributed by atoms with Gasteiger partial charge in [-0.3, -0.25) is 28.8 Å². The van der Waals surface area contributed by atoms with Gasteiger partial charge in [0.15, 0.2) is 0 Å². The molecule has 3 amide bonds. The molecule has 0 aromatic rings. The lowest BCUT2D eigenvalue weighted by Crippen LogP contribution is -2.52. The van der Waals surface area contributed by atoms with Gasteiger partial charge in [0.2, 0.25) is 17.7 Å². The molecule has 0 spiro atoms. The van der Waals surface area contributed by atoms with E-state index in [4.69, 9.17) is 0 Å². The number of carbonyl (C=O) groups is 6. The molecule has 0 N–H and O–H groups in total. The lowest BCUT2D eigenvalue weighted by molar-refractivity contribution is -0.161. The normalized spacial score (nSPS) is 13.3. The Labute approximate surface area is 262 Å². The first kappa shape index (κ1) is 40.8. The molecule has 7 nitrogen and oxygen atoms in total. The SMILES string of the molecule is CCCCCCCCC(C(C)=O)C(=O)N(C(=O)C(CCCCCCCC)C(C)=O)C(=O)C(CCCCCCCC)C(C)=O. The number of carbonyl (C=O) groups excluding carboxylic acids is 6. The van der Waals surface area contributed by atoms with Gasteiger partial charge >= 0.3 is 0 Å². The fraction of sp³-hybridized carbons (Fsp3) is 0.833. The van der Waals surface area contributed by atoms with E-state index in [9.17, 15) is 28.8 Å². The summed E-state index contributed by atoms with van der Waals surface area (Å²) in [5.74, 6) is -7.30.